The minimum Gasteiger partial charge on any atom is -0.464 e. The number of aryl methyl sites for hydroxylation is 1. The fraction of sp³-hybridized carbons (Fsp3) is 0.375. The third-order valence-corrected chi connectivity index (χ3v) is 6.03. The molecule has 34 heavy (non-hydrogen) atoms. The van der Waals surface area contributed by atoms with Crippen LogP contribution in [0.25, 0.3) is 16.8 Å². The highest BCUT2D eigenvalue weighted by molar-refractivity contribution is 6.31. The van der Waals surface area contributed by atoms with Crippen LogP contribution in [0.4, 0.5) is 0 Å². The number of carbonyl (C=O) groups excluding carboxylic acids is 2. The van der Waals surface area contributed by atoms with Crippen LogP contribution in [-0.2, 0) is 20.7 Å². The molecule has 10 heteroatoms. The van der Waals surface area contributed by atoms with Gasteiger partial charge >= 0.3 is 11.9 Å². The van der Waals surface area contributed by atoms with E-state index in [1.807, 2.05) is 13.0 Å². The van der Waals surface area contributed by atoms with Crippen LogP contribution in [0.5, 0.6) is 0 Å². The van der Waals surface area contributed by atoms with E-state index in [0.29, 0.717) is 41.1 Å². The quantitative estimate of drug-likeness (QED) is 0.470. The van der Waals surface area contributed by atoms with Crippen molar-refractivity contribution in [1.82, 2.24) is 19.6 Å². The van der Waals surface area contributed by atoms with Crippen molar-refractivity contribution in [3.8, 4) is 16.8 Å². The number of esters is 2. The van der Waals surface area contributed by atoms with Crippen molar-refractivity contribution >= 4 is 23.5 Å². The van der Waals surface area contributed by atoms with Gasteiger partial charge in [-0.3, -0.25) is 9.36 Å². The van der Waals surface area contributed by atoms with Crippen LogP contribution in [0.1, 0.15) is 55.8 Å². The molecular formula is C24H25ClN4O5. The van der Waals surface area contributed by atoms with Crippen molar-refractivity contribution in [2.24, 2.45) is 0 Å². The van der Waals surface area contributed by atoms with E-state index in [0.717, 1.165) is 5.69 Å². The molecule has 4 rings (SSSR count). The number of ether oxygens (including phenoxy) is 2. The summed E-state index contributed by atoms with van der Waals surface area (Å²) in [4.78, 5) is 37.6. The number of fused-ring (bicyclic) bond motifs is 1. The number of pyridine rings is 1. The number of nitrogens with zero attached hydrogens (tertiary/aromatic N) is 4. The SMILES string of the molecule is CCOC(=O)[C@@H]1CCc2cc(-c3cc(Cl)ccc3-n3cc(C(=O)OC(C)CC)nn3)cc(=O)n21. The van der Waals surface area contributed by atoms with Crippen molar-refractivity contribution in [2.75, 3.05) is 6.61 Å². The molecule has 0 amide bonds. The highest BCUT2D eigenvalue weighted by atomic mass is 35.5. The van der Waals surface area contributed by atoms with Crippen LogP contribution in [0, 0.1) is 0 Å². The predicted octanol–water partition coefficient (Wildman–Crippen LogP) is 3.76. The average Bonchev–Trinajstić information content (AvgIpc) is 3.47. The summed E-state index contributed by atoms with van der Waals surface area (Å²) in [5.41, 5.74) is 2.36. The van der Waals surface area contributed by atoms with E-state index >= 15 is 0 Å². The molecule has 3 aromatic rings. The highest BCUT2D eigenvalue weighted by Gasteiger charge is 2.31. The first-order chi connectivity index (χ1) is 16.3. The Bertz CT molecular complexity index is 1300. The molecular weight excluding hydrogens is 460 g/mol. The Labute approximate surface area is 201 Å². The molecule has 0 N–H and O–H groups in total. The Morgan fingerprint density at radius 3 is 2.76 bits per heavy atom. The first kappa shape index (κ1) is 23.7. The maximum absolute atomic E-state index is 13.0. The van der Waals surface area contributed by atoms with E-state index < -0.39 is 18.0 Å². The lowest BCUT2D eigenvalue weighted by Gasteiger charge is -2.15. The molecule has 0 bridgehead atoms. The molecule has 2 atom stereocenters. The van der Waals surface area contributed by atoms with Gasteiger partial charge in [-0.1, -0.05) is 23.7 Å². The van der Waals surface area contributed by atoms with Gasteiger partial charge in [-0.15, -0.1) is 5.10 Å². The van der Waals surface area contributed by atoms with Gasteiger partial charge in [0.25, 0.3) is 5.56 Å². The number of carbonyl (C=O) groups is 2. The molecule has 178 valence electrons. The van der Waals surface area contributed by atoms with Crippen LogP contribution in [0.15, 0.2) is 41.3 Å². The molecule has 0 aliphatic carbocycles. The molecule has 0 spiro atoms. The molecule has 1 unspecified atom stereocenters. The van der Waals surface area contributed by atoms with Gasteiger partial charge < -0.3 is 9.47 Å². The minimum absolute atomic E-state index is 0.0764. The number of benzene rings is 1. The zero-order valence-electron chi connectivity index (χ0n) is 19.2. The third-order valence-electron chi connectivity index (χ3n) is 5.79. The van der Waals surface area contributed by atoms with Crippen molar-refractivity contribution in [2.45, 2.75) is 52.2 Å². The Morgan fingerprint density at radius 1 is 1.24 bits per heavy atom. The van der Waals surface area contributed by atoms with Gasteiger partial charge in [0.05, 0.1) is 24.6 Å². The number of rotatable bonds is 7. The lowest BCUT2D eigenvalue weighted by molar-refractivity contribution is -0.147. The maximum atomic E-state index is 13.0. The van der Waals surface area contributed by atoms with Gasteiger partial charge in [-0.25, -0.2) is 14.3 Å². The van der Waals surface area contributed by atoms with Crippen LogP contribution >= 0.6 is 11.6 Å². The normalized spacial score (nSPS) is 15.6. The molecule has 1 aliphatic rings. The summed E-state index contributed by atoms with van der Waals surface area (Å²) < 4.78 is 13.4. The van der Waals surface area contributed by atoms with E-state index in [-0.39, 0.29) is 24.0 Å². The summed E-state index contributed by atoms with van der Waals surface area (Å²) in [5, 5.41) is 8.51. The smallest absolute Gasteiger partial charge is 0.360 e. The van der Waals surface area contributed by atoms with Crippen LogP contribution in [0.2, 0.25) is 5.02 Å². The van der Waals surface area contributed by atoms with Crippen molar-refractivity contribution in [3.05, 3.63) is 63.3 Å². The zero-order valence-corrected chi connectivity index (χ0v) is 19.9. The van der Waals surface area contributed by atoms with Gasteiger partial charge in [0.15, 0.2) is 5.69 Å². The first-order valence-electron chi connectivity index (χ1n) is 11.2. The summed E-state index contributed by atoms with van der Waals surface area (Å²) in [6, 6.07) is 7.86. The molecule has 1 aromatic carbocycles. The van der Waals surface area contributed by atoms with Crippen molar-refractivity contribution < 1.29 is 19.1 Å². The molecule has 2 aromatic heterocycles. The number of aromatic nitrogens is 4. The Kier molecular flexibility index (Phi) is 6.83. The van der Waals surface area contributed by atoms with Gasteiger partial charge in [0, 0.05) is 22.3 Å². The van der Waals surface area contributed by atoms with Crippen LogP contribution in [-0.4, -0.2) is 44.2 Å². The predicted molar refractivity (Wildman–Crippen MR) is 125 cm³/mol. The lowest BCUT2D eigenvalue weighted by Crippen LogP contribution is -2.28. The molecule has 0 saturated carbocycles. The number of hydrogen-bond donors (Lipinski definition) is 0. The highest BCUT2D eigenvalue weighted by Crippen LogP contribution is 2.32. The minimum atomic E-state index is -0.621. The number of halogens is 1. The monoisotopic (exact) mass is 484 g/mol. The molecule has 0 fully saturated rings. The third kappa shape index (κ3) is 4.61. The lowest BCUT2D eigenvalue weighted by atomic mass is 10.0. The second-order valence-electron chi connectivity index (χ2n) is 8.08. The summed E-state index contributed by atoms with van der Waals surface area (Å²) >= 11 is 6.28. The van der Waals surface area contributed by atoms with Gasteiger partial charge in [-0.2, -0.15) is 0 Å². The van der Waals surface area contributed by atoms with Crippen LogP contribution in [0.3, 0.4) is 0 Å². The fourth-order valence-electron chi connectivity index (χ4n) is 3.95. The zero-order chi connectivity index (χ0) is 24.4. The summed E-state index contributed by atoms with van der Waals surface area (Å²) in [6.07, 6.45) is 3.00. The van der Waals surface area contributed by atoms with Crippen LogP contribution < -0.4 is 5.56 Å². The van der Waals surface area contributed by atoms with Gasteiger partial charge in [0.2, 0.25) is 0 Å². The molecule has 0 saturated heterocycles. The average molecular weight is 485 g/mol. The summed E-state index contributed by atoms with van der Waals surface area (Å²) in [6.45, 7) is 5.72. The second-order valence-corrected chi connectivity index (χ2v) is 8.52. The summed E-state index contributed by atoms with van der Waals surface area (Å²) in [7, 11) is 0. The van der Waals surface area contributed by atoms with Crippen molar-refractivity contribution in [3.63, 3.8) is 0 Å². The van der Waals surface area contributed by atoms with E-state index in [2.05, 4.69) is 10.3 Å². The van der Waals surface area contributed by atoms with Crippen molar-refractivity contribution in [1.29, 1.82) is 0 Å². The Balaban J connectivity index is 1.72. The van der Waals surface area contributed by atoms with E-state index in [4.69, 9.17) is 21.1 Å². The van der Waals surface area contributed by atoms with E-state index in [9.17, 15) is 14.4 Å². The molecule has 1 aliphatic heterocycles. The van der Waals surface area contributed by atoms with E-state index in [1.54, 1.807) is 32.0 Å². The maximum Gasteiger partial charge on any atom is 0.360 e. The number of hydrogen-bond acceptors (Lipinski definition) is 7. The van der Waals surface area contributed by atoms with E-state index in [1.165, 1.54) is 21.5 Å². The van der Waals surface area contributed by atoms with Gasteiger partial charge in [0.1, 0.15) is 6.04 Å². The second kappa shape index (κ2) is 9.80. The summed E-state index contributed by atoms with van der Waals surface area (Å²) in [5.74, 6) is -0.962. The Hall–Kier alpha value is -3.46. The Morgan fingerprint density at radius 2 is 2.03 bits per heavy atom. The fourth-order valence-corrected chi connectivity index (χ4v) is 4.12. The largest absolute Gasteiger partial charge is 0.464 e. The van der Waals surface area contributed by atoms with Gasteiger partial charge in [-0.05, 0) is 62.9 Å². The standard InChI is InChI=1S/C24H25ClN4O5/c1-4-14(3)34-23(31)19-13-28(27-26-19)20-8-6-16(25)12-18(20)15-10-17-7-9-21(24(32)33-5-2)29(17)22(30)11-15/h6,8,10-14,21H,4-5,7,9H2,1-3H3/t14?,21-/m0/s1. The molecule has 3 heterocycles. The molecule has 9 nitrogen and oxygen atoms in total. The first-order valence-corrected chi connectivity index (χ1v) is 11.6. The topological polar surface area (TPSA) is 105 Å². The molecule has 0 radical (unpaired) electrons.